The lowest BCUT2D eigenvalue weighted by Gasteiger charge is -2.06. The fourth-order valence-corrected chi connectivity index (χ4v) is 2.36. The summed E-state index contributed by atoms with van der Waals surface area (Å²) in [6, 6.07) is 8.75. The minimum Gasteiger partial charge on any atom is -0.224 e. The monoisotopic (exact) mass is 335 g/mol. The third kappa shape index (κ3) is 3.47. The molecule has 0 heterocycles. The highest BCUT2D eigenvalue weighted by atomic mass is 127. The molecule has 0 aromatic heterocycles. The number of alkyl halides is 1. The van der Waals surface area contributed by atoms with Crippen LogP contribution in [-0.4, -0.2) is 14.7 Å². The first kappa shape index (κ1) is 12.5. The maximum atomic E-state index is 11.2. The second-order valence-corrected chi connectivity index (χ2v) is 6.69. The number of hydrogen-bond acceptors (Lipinski definition) is 3. The van der Waals surface area contributed by atoms with Gasteiger partial charge >= 0.3 is 0 Å². The molecule has 0 saturated heterocycles. The van der Waals surface area contributed by atoms with Gasteiger partial charge in [0.25, 0.3) is 0 Å². The lowest BCUT2D eigenvalue weighted by molar-refractivity contribution is 0.602. The summed E-state index contributed by atoms with van der Waals surface area (Å²) in [6.45, 7) is 0. The van der Waals surface area contributed by atoms with Crippen LogP contribution in [0.5, 0.6) is 0 Å². The summed E-state index contributed by atoms with van der Waals surface area (Å²) in [4.78, 5) is 0.312. The molecule has 0 bridgehead atoms. The van der Waals surface area contributed by atoms with Crippen LogP contribution < -0.4 is 0 Å². The number of sulfone groups is 1. The van der Waals surface area contributed by atoms with Crippen LogP contribution >= 0.6 is 22.6 Å². The lowest BCUT2D eigenvalue weighted by Crippen LogP contribution is -1.97. The van der Waals surface area contributed by atoms with E-state index in [4.69, 9.17) is 5.26 Å². The van der Waals surface area contributed by atoms with Gasteiger partial charge in [0.2, 0.25) is 0 Å². The van der Waals surface area contributed by atoms with Crippen molar-refractivity contribution in [2.75, 3.05) is 6.26 Å². The molecule has 3 nitrogen and oxygen atoms in total. The van der Waals surface area contributed by atoms with E-state index in [1.54, 1.807) is 24.3 Å². The molecule has 80 valence electrons. The molecule has 0 radical (unpaired) electrons. The highest BCUT2D eigenvalue weighted by Gasteiger charge is 2.09. The second kappa shape index (κ2) is 4.94. The number of nitriles is 1. The molecule has 15 heavy (non-hydrogen) atoms. The fourth-order valence-electron chi connectivity index (χ4n) is 1.12. The molecule has 0 aliphatic rings. The van der Waals surface area contributed by atoms with Crippen LogP contribution in [0.25, 0.3) is 0 Å². The highest BCUT2D eigenvalue weighted by molar-refractivity contribution is 14.1. The van der Waals surface area contributed by atoms with E-state index in [-0.39, 0.29) is 3.92 Å². The average molecular weight is 335 g/mol. The highest BCUT2D eigenvalue weighted by Crippen LogP contribution is 2.27. The summed E-state index contributed by atoms with van der Waals surface area (Å²) in [6.07, 6.45) is 1.61. The van der Waals surface area contributed by atoms with Crippen LogP contribution in [0.1, 0.15) is 15.9 Å². The van der Waals surface area contributed by atoms with Crippen LogP contribution in [0.4, 0.5) is 0 Å². The van der Waals surface area contributed by atoms with E-state index in [1.165, 1.54) is 6.26 Å². The zero-order valence-corrected chi connectivity index (χ0v) is 11.1. The lowest BCUT2D eigenvalue weighted by atomic mass is 10.1. The van der Waals surface area contributed by atoms with Crippen LogP contribution in [0.3, 0.4) is 0 Å². The predicted molar refractivity (Wildman–Crippen MR) is 66.5 cm³/mol. The summed E-state index contributed by atoms with van der Waals surface area (Å²) >= 11 is 2.17. The average Bonchev–Trinajstić information content (AvgIpc) is 2.17. The predicted octanol–water partition coefficient (Wildman–Crippen LogP) is 2.48. The smallest absolute Gasteiger partial charge is 0.175 e. The molecule has 0 amide bonds. The van der Waals surface area contributed by atoms with E-state index in [1.807, 2.05) is 0 Å². The zero-order valence-electron chi connectivity index (χ0n) is 8.14. The summed E-state index contributed by atoms with van der Waals surface area (Å²) < 4.78 is 22.5. The Morgan fingerprint density at radius 3 is 2.33 bits per heavy atom. The van der Waals surface area contributed by atoms with Gasteiger partial charge in [0, 0.05) is 10.2 Å². The van der Waals surface area contributed by atoms with E-state index in [2.05, 4.69) is 28.7 Å². The van der Waals surface area contributed by atoms with Crippen LogP contribution in [0.15, 0.2) is 29.2 Å². The fraction of sp³-hybridized carbons (Fsp3) is 0.300. The minimum atomic E-state index is -3.13. The summed E-state index contributed by atoms with van der Waals surface area (Å²) in [7, 11) is -3.13. The zero-order chi connectivity index (χ0) is 11.5. The topological polar surface area (TPSA) is 57.9 Å². The standard InChI is InChI=1S/C10H10INO2S/c1-15(13,14)9-4-2-8(3-5-9)10(11)6-7-12/h2-5,10H,6H2,1H3. The van der Waals surface area contributed by atoms with E-state index in [0.717, 1.165) is 5.56 Å². The van der Waals surface area contributed by atoms with Crippen molar-refractivity contribution in [1.82, 2.24) is 0 Å². The molecular formula is C10H10INO2S. The largest absolute Gasteiger partial charge is 0.224 e. The molecule has 5 heteroatoms. The summed E-state index contributed by atoms with van der Waals surface area (Å²) in [5.41, 5.74) is 0.976. The van der Waals surface area contributed by atoms with E-state index in [0.29, 0.717) is 11.3 Å². The van der Waals surface area contributed by atoms with Crippen molar-refractivity contribution in [3.05, 3.63) is 29.8 Å². The second-order valence-electron chi connectivity index (χ2n) is 3.17. The van der Waals surface area contributed by atoms with Crippen molar-refractivity contribution in [2.24, 2.45) is 0 Å². The van der Waals surface area contributed by atoms with E-state index in [9.17, 15) is 8.42 Å². The minimum absolute atomic E-state index is 0.112. The molecule has 0 fully saturated rings. The third-order valence-corrected chi connectivity index (χ3v) is 4.23. The van der Waals surface area contributed by atoms with E-state index < -0.39 is 9.84 Å². The van der Waals surface area contributed by atoms with Crippen molar-refractivity contribution >= 4 is 32.4 Å². The van der Waals surface area contributed by atoms with Gasteiger partial charge in [-0.2, -0.15) is 5.26 Å². The Labute approximate surface area is 103 Å². The number of hydrogen-bond donors (Lipinski definition) is 0. The molecule has 0 N–H and O–H groups in total. The van der Waals surface area contributed by atoms with Crippen molar-refractivity contribution in [1.29, 1.82) is 5.26 Å². The molecule has 0 aliphatic carbocycles. The van der Waals surface area contributed by atoms with Crippen molar-refractivity contribution in [3.63, 3.8) is 0 Å². The summed E-state index contributed by atoms with van der Waals surface area (Å²) in [5.74, 6) is 0. The maximum absolute atomic E-state index is 11.2. The van der Waals surface area contributed by atoms with Gasteiger partial charge in [-0.3, -0.25) is 0 Å². The van der Waals surface area contributed by atoms with Crippen LogP contribution in [-0.2, 0) is 9.84 Å². The molecule has 0 saturated carbocycles. The van der Waals surface area contributed by atoms with Crippen molar-refractivity contribution < 1.29 is 8.42 Å². The SMILES string of the molecule is CS(=O)(=O)c1ccc(C(I)CC#N)cc1. The van der Waals surface area contributed by atoms with Gasteiger partial charge in [-0.25, -0.2) is 8.42 Å². The molecule has 0 spiro atoms. The Morgan fingerprint density at radius 1 is 1.40 bits per heavy atom. The number of halogens is 1. The maximum Gasteiger partial charge on any atom is 0.175 e. The quantitative estimate of drug-likeness (QED) is 0.630. The number of rotatable bonds is 3. The van der Waals surface area contributed by atoms with Gasteiger partial charge < -0.3 is 0 Å². The Bertz CT molecular complexity index is 473. The first-order chi connectivity index (χ1) is 6.95. The Morgan fingerprint density at radius 2 is 1.93 bits per heavy atom. The van der Waals surface area contributed by atoms with Gasteiger partial charge in [-0.15, -0.1) is 0 Å². The Hall–Kier alpha value is -0.610. The molecule has 1 atom stereocenters. The molecule has 0 aliphatic heterocycles. The molecule has 1 aromatic rings. The van der Waals surface area contributed by atoms with Crippen molar-refractivity contribution in [2.45, 2.75) is 15.2 Å². The molecular weight excluding hydrogens is 325 g/mol. The third-order valence-electron chi connectivity index (χ3n) is 1.94. The van der Waals surface area contributed by atoms with E-state index >= 15 is 0 Å². The van der Waals surface area contributed by atoms with Crippen molar-refractivity contribution in [3.8, 4) is 6.07 Å². The van der Waals surface area contributed by atoms with Gasteiger partial charge in [0.1, 0.15) is 0 Å². The first-order valence-corrected chi connectivity index (χ1v) is 7.40. The molecule has 1 aromatic carbocycles. The number of benzene rings is 1. The summed E-state index contributed by atoms with van der Waals surface area (Å²) in [5, 5.41) is 8.53. The number of nitrogens with zero attached hydrogens (tertiary/aromatic N) is 1. The molecule has 1 unspecified atom stereocenters. The Kier molecular flexibility index (Phi) is 4.11. The van der Waals surface area contributed by atoms with Crippen LogP contribution in [0, 0.1) is 11.3 Å². The normalized spacial score (nSPS) is 13.1. The van der Waals surface area contributed by atoms with Crippen LogP contribution in [0.2, 0.25) is 0 Å². The van der Waals surface area contributed by atoms with Gasteiger partial charge in [0.15, 0.2) is 9.84 Å². The first-order valence-electron chi connectivity index (χ1n) is 4.26. The Balaban J connectivity index is 2.96. The van der Waals surface area contributed by atoms with Gasteiger partial charge in [-0.05, 0) is 17.7 Å². The van der Waals surface area contributed by atoms with Gasteiger partial charge in [0.05, 0.1) is 17.4 Å². The van der Waals surface area contributed by atoms with Gasteiger partial charge in [-0.1, -0.05) is 34.7 Å². The molecule has 1 rings (SSSR count).